The van der Waals surface area contributed by atoms with Crippen LogP contribution < -0.4 is 5.32 Å². The van der Waals surface area contributed by atoms with Crippen molar-refractivity contribution in [3.8, 4) is 0 Å². The van der Waals surface area contributed by atoms with Gasteiger partial charge < -0.3 is 10.2 Å². The summed E-state index contributed by atoms with van der Waals surface area (Å²) in [7, 11) is 0. The molecule has 1 fully saturated rings. The van der Waals surface area contributed by atoms with Crippen molar-refractivity contribution in [1.29, 1.82) is 0 Å². The van der Waals surface area contributed by atoms with Crippen molar-refractivity contribution in [2.45, 2.75) is 32.4 Å². The molecule has 1 aliphatic rings. The summed E-state index contributed by atoms with van der Waals surface area (Å²) in [5.74, 6) is 0.234. The molecule has 0 radical (unpaired) electrons. The zero-order valence-electron chi connectivity index (χ0n) is 9.91. The van der Waals surface area contributed by atoms with E-state index in [0.717, 1.165) is 36.3 Å². The maximum atomic E-state index is 12.0. The van der Waals surface area contributed by atoms with E-state index < -0.39 is 0 Å². The summed E-state index contributed by atoms with van der Waals surface area (Å²) in [6.45, 7) is 4.56. The number of carbonyl (C=O) groups is 1. The number of nitrogens with one attached hydrogen (secondary N) is 1. The Kier molecular flexibility index (Phi) is 4.59. The van der Waals surface area contributed by atoms with Crippen LogP contribution in [-0.4, -0.2) is 29.9 Å². The van der Waals surface area contributed by atoms with Crippen molar-refractivity contribution in [2.75, 3.05) is 13.1 Å². The highest BCUT2D eigenvalue weighted by Gasteiger charge is 2.22. The number of amides is 1. The molecule has 2 heterocycles. The zero-order chi connectivity index (χ0) is 12.3. The van der Waals surface area contributed by atoms with Crippen molar-refractivity contribution < 1.29 is 4.79 Å². The maximum absolute atomic E-state index is 12.0. The molecule has 94 valence electrons. The van der Waals surface area contributed by atoms with Gasteiger partial charge in [0.25, 0.3) is 0 Å². The summed E-state index contributed by atoms with van der Waals surface area (Å²) in [6, 6.07) is 4.03. The highest BCUT2D eigenvalue weighted by atomic mass is 79.9. The van der Waals surface area contributed by atoms with E-state index in [2.05, 4.69) is 27.3 Å². The van der Waals surface area contributed by atoms with E-state index in [-0.39, 0.29) is 11.9 Å². The molecule has 1 atom stereocenters. The number of likely N-dealkylation sites (tertiary alicyclic amines) is 1. The Morgan fingerprint density at radius 3 is 2.82 bits per heavy atom. The van der Waals surface area contributed by atoms with E-state index in [9.17, 15) is 4.79 Å². The Balaban J connectivity index is 1.80. The number of carbonyl (C=O) groups excluding carboxylic acids is 1. The third kappa shape index (κ3) is 3.53. The van der Waals surface area contributed by atoms with Crippen molar-refractivity contribution in [3.63, 3.8) is 0 Å². The third-order valence-corrected chi connectivity index (χ3v) is 4.62. The topological polar surface area (TPSA) is 32.3 Å². The van der Waals surface area contributed by atoms with Gasteiger partial charge >= 0.3 is 0 Å². The van der Waals surface area contributed by atoms with Crippen LogP contribution in [-0.2, 0) is 11.3 Å². The second-order valence-electron chi connectivity index (χ2n) is 4.34. The molecular weight excluding hydrogens is 300 g/mol. The van der Waals surface area contributed by atoms with Crippen molar-refractivity contribution >= 4 is 33.2 Å². The molecule has 1 amide bonds. The fourth-order valence-electron chi connectivity index (χ4n) is 2.00. The van der Waals surface area contributed by atoms with Gasteiger partial charge in [0.1, 0.15) is 0 Å². The molecule has 5 heteroatoms. The molecule has 17 heavy (non-hydrogen) atoms. The van der Waals surface area contributed by atoms with E-state index in [4.69, 9.17) is 0 Å². The largest absolute Gasteiger partial charge is 0.341 e. The Morgan fingerprint density at radius 1 is 1.53 bits per heavy atom. The number of rotatable bonds is 4. The van der Waals surface area contributed by atoms with Gasteiger partial charge in [-0.2, -0.15) is 0 Å². The molecule has 1 N–H and O–H groups in total. The summed E-state index contributed by atoms with van der Waals surface area (Å²) >= 11 is 5.14. The predicted molar refractivity (Wildman–Crippen MR) is 74.1 cm³/mol. The van der Waals surface area contributed by atoms with Gasteiger partial charge in [-0.15, -0.1) is 11.3 Å². The van der Waals surface area contributed by atoms with E-state index in [1.54, 1.807) is 11.3 Å². The first-order chi connectivity index (χ1) is 8.16. The van der Waals surface area contributed by atoms with Crippen LogP contribution in [0, 0.1) is 0 Å². The number of halogens is 1. The van der Waals surface area contributed by atoms with Crippen LogP contribution in [0.2, 0.25) is 0 Å². The second-order valence-corrected chi connectivity index (χ2v) is 6.89. The lowest BCUT2D eigenvalue weighted by Crippen LogP contribution is -2.43. The SMILES string of the molecule is CC(NCc1ccc(Br)s1)C(=O)N1CCCC1. The number of nitrogens with zero attached hydrogens (tertiary/aromatic N) is 1. The highest BCUT2D eigenvalue weighted by Crippen LogP contribution is 2.21. The van der Waals surface area contributed by atoms with Gasteiger partial charge in [0.2, 0.25) is 5.91 Å². The minimum atomic E-state index is -0.0889. The molecule has 2 rings (SSSR count). The molecule has 0 bridgehead atoms. The zero-order valence-corrected chi connectivity index (χ0v) is 12.3. The first-order valence-electron chi connectivity index (χ1n) is 5.93. The van der Waals surface area contributed by atoms with Crippen LogP contribution in [0.4, 0.5) is 0 Å². The molecule has 1 aromatic rings. The predicted octanol–water partition coefficient (Wildman–Crippen LogP) is 2.61. The van der Waals surface area contributed by atoms with Crippen LogP contribution in [0.25, 0.3) is 0 Å². The third-order valence-electron chi connectivity index (χ3n) is 3.00. The van der Waals surface area contributed by atoms with Gasteiger partial charge in [-0.05, 0) is 47.8 Å². The minimum absolute atomic E-state index is 0.0889. The standard InChI is InChI=1S/C12H17BrN2OS/c1-9(12(16)15-6-2-3-7-15)14-8-10-4-5-11(13)17-10/h4-5,9,14H,2-3,6-8H2,1H3. The van der Waals surface area contributed by atoms with Gasteiger partial charge in [-0.1, -0.05) is 0 Å². The molecule has 0 aliphatic carbocycles. The fraction of sp³-hybridized carbons (Fsp3) is 0.583. The highest BCUT2D eigenvalue weighted by molar-refractivity contribution is 9.11. The number of hydrogen-bond donors (Lipinski definition) is 1. The Morgan fingerprint density at radius 2 is 2.24 bits per heavy atom. The van der Waals surface area contributed by atoms with Crippen molar-refractivity contribution in [2.24, 2.45) is 0 Å². The quantitative estimate of drug-likeness (QED) is 0.926. The van der Waals surface area contributed by atoms with Crippen LogP contribution in [0.1, 0.15) is 24.6 Å². The van der Waals surface area contributed by atoms with E-state index in [1.807, 2.05) is 17.9 Å². The summed E-state index contributed by atoms with van der Waals surface area (Å²) < 4.78 is 1.13. The van der Waals surface area contributed by atoms with Gasteiger partial charge in [-0.3, -0.25) is 4.79 Å². The molecule has 1 aliphatic heterocycles. The van der Waals surface area contributed by atoms with Crippen LogP contribution in [0.15, 0.2) is 15.9 Å². The number of thiophene rings is 1. The number of hydrogen-bond acceptors (Lipinski definition) is 3. The van der Waals surface area contributed by atoms with Crippen molar-refractivity contribution in [3.05, 3.63) is 20.8 Å². The van der Waals surface area contributed by atoms with Gasteiger partial charge in [0, 0.05) is 24.5 Å². The van der Waals surface area contributed by atoms with Crippen LogP contribution in [0.5, 0.6) is 0 Å². The molecule has 3 nitrogen and oxygen atoms in total. The van der Waals surface area contributed by atoms with Crippen molar-refractivity contribution in [1.82, 2.24) is 10.2 Å². The molecular formula is C12H17BrN2OS. The minimum Gasteiger partial charge on any atom is -0.341 e. The maximum Gasteiger partial charge on any atom is 0.239 e. The lowest BCUT2D eigenvalue weighted by molar-refractivity contribution is -0.131. The lowest BCUT2D eigenvalue weighted by atomic mass is 10.3. The van der Waals surface area contributed by atoms with Gasteiger partial charge in [-0.25, -0.2) is 0 Å². The average Bonchev–Trinajstić information content (AvgIpc) is 2.95. The summed E-state index contributed by atoms with van der Waals surface area (Å²) in [6.07, 6.45) is 2.30. The summed E-state index contributed by atoms with van der Waals surface area (Å²) in [5, 5.41) is 3.29. The normalized spacial score (nSPS) is 17.4. The molecule has 0 aromatic carbocycles. The van der Waals surface area contributed by atoms with E-state index in [1.165, 1.54) is 4.88 Å². The van der Waals surface area contributed by atoms with Gasteiger partial charge in [0.05, 0.1) is 9.83 Å². The molecule has 0 spiro atoms. The fourth-order valence-corrected chi connectivity index (χ4v) is 3.43. The molecule has 1 aromatic heterocycles. The average molecular weight is 317 g/mol. The second kappa shape index (κ2) is 5.98. The summed E-state index contributed by atoms with van der Waals surface area (Å²) in [4.78, 5) is 15.2. The lowest BCUT2D eigenvalue weighted by Gasteiger charge is -2.20. The smallest absolute Gasteiger partial charge is 0.239 e. The van der Waals surface area contributed by atoms with E-state index >= 15 is 0 Å². The van der Waals surface area contributed by atoms with Crippen LogP contribution in [0.3, 0.4) is 0 Å². The Labute approximate surface area is 114 Å². The summed E-state index contributed by atoms with van der Waals surface area (Å²) in [5.41, 5.74) is 0. The molecule has 1 saturated heterocycles. The monoisotopic (exact) mass is 316 g/mol. The van der Waals surface area contributed by atoms with Crippen LogP contribution >= 0.6 is 27.3 Å². The molecule has 1 unspecified atom stereocenters. The first kappa shape index (κ1) is 13.1. The van der Waals surface area contributed by atoms with Gasteiger partial charge in [0.15, 0.2) is 0 Å². The molecule has 0 saturated carbocycles. The Hall–Kier alpha value is -0.390. The Bertz CT molecular complexity index is 388. The van der Waals surface area contributed by atoms with E-state index in [0.29, 0.717) is 0 Å². The first-order valence-corrected chi connectivity index (χ1v) is 7.54.